The predicted molar refractivity (Wildman–Crippen MR) is 120 cm³/mol. The summed E-state index contributed by atoms with van der Waals surface area (Å²) in [5.74, 6) is -22.4. The van der Waals surface area contributed by atoms with E-state index in [1.807, 2.05) is 0 Å². The summed E-state index contributed by atoms with van der Waals surface area (Å²) in [6.45, 7) is -1.76. The molecule has 0 unspecified atom stereocenters. The first-order valence-corrected chi connectivity index (χ1v) is 11.8. The van der Waals surface area contributed by atoms with Crippen LogP contribution in [0.15, 0.2) is 15.8 Å². The molecule has 2 heterocycles. The number of benzene rings is 2. The minimum absolute atomic E-state index is 0.0885. The van der Waals surface area contributed by atoms with Gasteiger partial charge in [-0.3, -0.25) is 13.9 Å². The van der Waals surface area contributed by atoms with Crippen LogP contribution in [0, 0.1) is 65.1 Å². The molecule has 1 fully saturated rings. The smallest absolute Gasteiger partial charge is 0.332 e. The molecule has 0 radical (unpaired) electrons. The maximum atomic E-state index is 14.2. The van der Waals surface area contributed by atoms with Crippen LogP contribution in [0.2, 0.25) is 0 Å². The van der Waals surface area contributed by atoms with Crippen molar-refractivity contribution in [2.75, 3.05) is 6.61 Å². The van der Waals surface area contributed by atoms with Crippen LogP contribution in [0.5, 0.6) is 0 Å². The Balaban J connectivity index is 1.61. The summed E-state index contributed by atoms with van der Waals surface area (Å²) in [5.41, 5.74) is -4.10. The Labute approximate surface area is 228 Å². The topological polar surface area (TPSA) is 71.7 Å². The molecule has 1 aliphatic rings. The highest BCUT2D eigenvalue weighted by Gasteiger charge is 2.39. The quantitative estimate of drug-likeness (QED) is 0.214. The van der Waals surface area contributed by atoms with E-state index in [2.05, 4.69) is 0 Å². The van der Waals surface area contributed by atoms with Crippen molar-refractivity contribution >= 4 is 0 Å². The van der Waals surface area contributed by atoms with Gasteiger partial charge in [0.25, 0.3) is 5.56 Å². The Bertz CT molecular complexity index is 1620. The molecule has 0 amide bonds. The molecule has 0 bridgehead atoms. The fourth-order valence-electron chi connectivity index (χ4n) is 4.27. The van der Waals surface area contributed by atoms with Crippen molar-refractivity contribution in [2.45, 2.75) is 45.0 Å². The third-order valence-corrected chi connectivity index (χ3v) is 6.54. The van der Waals surface area contributed by atoms with E-state index < -0.39 is 119 Å². The molecule has 2 aromatic carbocycles. The van der Waals surface area contributed by atoms with Crippen LogP contribution in [-0.2, 0) is 34.5 Å². The van der Waals surface area contributed by atoms with Gasteiger partial charge in [0, 0.05) is 25.2 Å². The highest BCUT2D eigenvalue weighted by Crippen LogP contribution is 2.33. The first kappa shape index (κ1) is 31.2. The largest absolute Gasteiger partial charge is 0.374 e. The highest BCUT2D eigenvalue weighted by atomic mass is 19.2. The van der Waals surface area contributed by atoms with Gasteiger partial charge in [0.15, 0.2) is 46.5 Å². The summed E-state index contributed by atoms with van der Waals surface area (Å²) in [4.78, 5) is 24.7. The monoisotopic (exact) mass is 616 g/mol. The van der Waals surface area contributed by atoms with Gasteiger partial charge < -0.3 is 14.2 Å². The number of hydrogen-bond donors (Lipinski definition) is 0. The first-order valence-electron chi connectivity index (χ1n) is 11.8. The minimum Gasteiger partial charge on any atom is -0.374 e. The maximum Gasteiger partial charge on any atom is 0.332 e. The molecule has 7 nitrogen and oxygen atoms in total. The zero-order chi connectivity index (χ0) is 31.2. The van der Waals surface area contributed by atoms with E-state index in [0.717, 1.165) is 22.4 Å². The van der Waals surface area contributed by atoms with Crippen molar-refractivity contribution in [1.82, 2.24) is 9.13 Å². The number of aryl methyl sites for hydroxylation is 1. The Morgan fingerprint density at radius 2 is 1.21 bits per heavy atom. The molecule has 4 rings (SSSR count). The van der Waals surface area contributed by atoms with E-state index in [-0.39, 0.29) is 12.0 Å². The molecule has 42 heavy (non-hydrogen) atoms. The molecule has 1 saturated heterocycles. The lowest BCUT2D eigenvalue weighted by molar-refractivity contribution is -0.0845. The van der Waals surface area contributed by atoms with Gasteiger partial charge in [0.2, 0.25) is 11.6 Å². The molecule has 0 saturated carbocycles. The summed E-state index contributed by atoms with van der Waals surface area (Å²) < 4.78 is 155. The number of halogens is 10. The molecule has 0 spiro atoms. The second kappa shape index (κ2) is 11.9. The van der Waals surface area contributed by atoms with E-state index in [4.69, 9.17) is 14.2 Å². The van der Waals surface area contributed by atoms with E-state index in [1.54, 1.807) is 0 Å². The lowest BCUT2D eigenvalue weighted by Gasteiger charge is -2.20. The number of aromatic nitrogens is 2. The van der Waals surface area contributed by atoms with Crippen LogP contribution < -0.4 is 11.2 Å². The summed E-state index contributed by atoms with van der Waals surface area (Å²) in [5, 5.41) is 0. The van der Waals surface area contributed by atoms with Gasteiger partial charge in [-0.25, -0.2) is 48.7 Å². The van der Waals surface area contributed by atoms with Gasteiger partial charge in [0.05, 0.1) is 37.1 Å². The van der Waals surface area contributed by atoms with Crippen LogP contribution in [0.25, 0.3) is 0 Å². The van der Waals surface area contributed by atoms with Crippen molar-refractivity contribution in [3.8, 4) is 0 Å². The van der Waals surface area contributed by atoms with Crippen LogP contribution in [0.1, 0.15) is 29.3 Å². The van der Waals surface area contributed by atoms with E-state index in [9.17, 15) is 53.5 Å². The Hall–Kier alpha value is -3.70. The zero-order valence-corrected chi connectivity index (χ0v) is 21.4. The standard InChI is InChI=1S/C25H18F10N2O5/c1-8-4-37(25(39)36(2)24(8)38)13-3-11(41-6-10-16(28)20(32)23(35)21(33)17(10)29)12(42-13)7-40-5-9-14(26)18(30)22(34)19(31)15(9)27/h4,11-13H,3,5-7H2,1-2H3/t11-,12+,13+/m0/s1. The SMILES string of the molecule is Cc1cn([C@H]2C[C@H](OCc3c(F)c(F)c(F)c(F)c3F)[C@@H](COCc3c(F)c(F)c(F)c(F)c3F)O2)c(=O)n(C)c1=O. The molecular weight excluding hydrogens is 598 g/mol. The molecule has 1 aromatic heterocycles. The average Bonchev–Trinajstić information content (AvgIpc) is 3.37. The van der Waals surface area contributed by atoms with Crippen molar-refractivity contribution < 1.29 is 58.1 Å². The number of nitrogens with zero attached hydrogens (tertiary/aromatic N) is 2. The number of rotatable bonds is 8. The Kier molecular flexibility index (Phi) is 8.84. The van der Waals surface area contributed by atoms with Gasteiger partial charge in [-0.2, -0.15) is 0 Å². The van der Waals surface area contributed by atoms with Gasteiger partial charge >= 0.3 is 5.69 Å². The van der Waals surface area contributed by atoms with Gasteiger partial charge in [-0.1, -0.05) is 0 Å². The molecular formula is C25H18F10N2O5. The van der Waals surface area contributed by atoms with Gasteiger partial charge in [-0.05, 0) is 6.92 Å². The Morgan fingerprint density at radius 3 is 1.71 bits per heavy atom. The second-order valence-electron chi connectivity index (χ2n) is 9.19. The number of ether oxygens (including phenoxy) is 3. The minimum atomic E-state index is -2.40. The summed E-state index contributed by atoms with van der Waals surface area (Å²) in [7, 11) is 1.16. The van der Waals surface area contributed by atoms with Crippen LogP contribution in [0.4, 0.5) is 43.9 Å². The molecule has 0 aliphatic carbocycles. The zero-order valence-electron chi connectivity index (χ0n) is 21.4. The van der Waals surface area contributed by atoms with Crippen LogP contribution >= 0.6 is 0 Å². The molecule has 3 aromatic rings. The van der Waals surface area contributed by atoms with E-state index >= 15 is 0 Å². The van der Waals surface area contributed by atoms with Crippen molar-refractivity contribution in [1.29, 1.82) is 0 Å². The average molecular weight is 616 g/mol. The van der Waals surface area contributed by atoms with Crippen molar-refractivity contribution in [2.24, 2.45) is 7.05 Å². The molecule has 3 atom stereocenters. The molecule has 0 N–H and O–H groups in total. The molecule has 228 valence electrons. The molecule has 17 heteroatoms. The van der Waals surface area contributed by atoms with Crippen molar-refractivity contribution in [3.05, 3.63) is 102 Å². The second-order valence-corrected chi connectivity index (χ2v) is 9.19. The first-order chi connectivity index (χ1) is 19.7. The van der Waals surface area contributed by atoms with Gasteiger partial charge in [0.1, 0.15) is 12.3 Å². The summed E-state index contributed by atoms with van der Waals surface area (Å²) in [6.07, 6.45) is -3.24. The van der Waals surface area contributed by atoms with Gasteiger partial charge in [-0.15, -0.1) is 0 Å². The summed E-state index contributed by atoms with van der Waals surface area (Å²) in [6, 6.07) is 0. The maximum absolute atomic E-state index is 14.2. The third kappa shape index (κ3) is 5.43. The third-order valence-electron chi connectivity index (χ3n) is 6.54. The molecule has 1 aliphatic heterocycles. The fraction of sp³-hybridized carbons (Fsp3) is 0.360. The fourth-order valence-corrected chi connectivity index (χ4v) is 4.27. The lowest BCUT2D eigenvalue weighted by Crippen LogP contribution is -2.40. The normalized spacial score (nSPS) is 18.7. The van der Waals surface area contributed by atoms with Crippen LogP contribution in [0.3, 0.4) is 0 Å². The van der Waals surface area contributed by atoms with Crippen LogP contribution in [-0.4, -0.2) is 27.9 Å². The number of hydrogen-bond acceptors (Lipinski definition) is 5. The Morgan fingerprint density at radius 1 is 0.762 bits per heavy atom. The van der Waals surface area contributed by atoms with E-state index in [0.29, 0.717) is 0 Å². The van der Waals surface area contributed by atoms with Crippen molar-refractivity contribution in [3.63, 3.8) is 0 Å². The van der Waals surface area contributed by atoms with E-state index in [1.165, 1.54) is 6.92 Å². The predicted octanol–water partition coefficient (Wildman–Crippen LogP) is 4.34. The summed E-state index contributed by atoms with van der Waals surface area (Å²) >= 11 is 0. The highest BCUT2D eigenvalue weighted by molar-refractivity contribution is 5.24. The lowest BCUT2D eigenvalue weighted by atomic mass is 10.1.